The lowest BCUT2D eigenvalue weighted by Gasteiger charge is -2.26. The molecule has 1 fully saturated rings. The van der Waals surface area contributed by atoms with E-state index in [4.69, 9.17) is 14.2 Å². The van der Waals surface area contributed by atoms with Gasteiger partial charge in [-0.15, -0.1) is 0 Å². The van der Waals surface area contributed by atoms with Crippen molar-refractivity contribution in [2.75, 3.05) is 6.61 Å². The van der Waals surface area contributed by atoms with Crippen molar-refractivity contribution in [2.45, 2.75) is 52.2 Å². The van der Waals surface area contributed by atoms with E-state index in [2.05, 4.69) is 6.58 Å². The van der Waals surface area contributed by atoms with Crippen LogP contribution in [-0.2, 0) is 33.4 Å². The van der Waals surface area contributed by atoms with Gasteiger partial charge in [0.05, 0.1) is 5.92 Å². The normalized spacial score (nSPS) is 28.8. The topological polar surface area (TPSA) is 96.0 Å². The molecule has 7 heteroatoms. The number of carbonyl (C=O) groups excluding carboxylic acids is 4. The molecule has 0 aromatic rings. The molecule has 1 saturated heterocycles. The molecule has 1 aliphatic heterocycles. The molecule has 0 aromatic heterocycles. The molecule has 0 radical (unpaired) electrons. The van der Waals surface area contributed by atoms with E-state index in [1.54, 1.807) is 32.1 Å². The summed E-state index contributed by atoms with van der Waals surface area (Å²) in [6, 6.07) is 0. The van der Waals surface area contributed by atoms with Crippen LogP contribution in [0.3, 0.4) is 0 Å². The second-order valence-corrected chi connectivity index (χ2v) is 7.08. The summed E-state index contributed by atoms with van der Waals surface area (Å²) in [6.45, 7) is 8.49. The van der Waals surface area contributed by atoms with Gasteiger partial charge >= 0.3 is 17.9 Å². The van der Waals surface area contributed by atoms with E-state index in [1.165, 1.54) is 6.92 Å². The van der Waals surface area contributed by atoms with Crippen LogP contribution in [0, 0.1) is 5.92 Å². The van der Waals surface area contributed by atoms with Gasteiger partial charge in [0, 0.05) is 24.5 Å². The Morgan fingerprint density at radius 3 is 2.69 bits per heavy atom. The van der Waals surface area contributed by atoms with E-state index in [-0.39, 0.29) is 18.6 Å². The Morgan fingerprint density at radius 2 is 2.07 bits per heavy atom. The van der Waals surface area contributed by atoms with Crippen molar-refractivity contribution in [2.24, 2.45) is 5.92 Å². The number of hydrogen-bond donors (Lipinski definition) is 0. The van der Waals surface area contributed by atoms with Gasteiger partial charge in [0.25, 0.3) is 0 Å². The van der Waals surface area contributed by atoms with Crippen molar-refractivity contribution in [3.05, 3.63) is 47.1 Å². The molecule has 3 atom stereocenters. The number of carbonyl (C=O) groups is 4. The molecule has 0 saturated carbocycles. The average Bonchev–Trinajstić information content (AvgIpc) is 2.96. The molecule has 0 bridgehead atoms. The van der Waals surface area contributed by atoms with Crippen molar-refractivity contribution in [3.8, 4) is 0 Å². The molecule has 0 N–H and O–H groups in total. The number of allylic oxidation sites excluding steroid dienone is 2. The van der Waals surface area contributed by atoms with Gasteiger partial charge < -0.3 is 14.2 Å². The minimum absolute atomic E-state index is 0.0275. The molecule has 2 rings (SSSR count). The van der Waals surface area contributed by atoms with Crippen molar-refractivity contribution < 1.29 is 33.4 Å². The zero-order valence-electron chi connectivity index (χ0n) is 16.9. The van der Waals surface area contributed by atoms with Gasteiger partial charge in [0.1, 0.15) is 25.1 Å². The Balaban J connectivity index is 2.36. The summed E-state index contributed by atoms with van der Waals surface area (Å²) in [5.74, 6) is -2.17. The van der Waals surface area contributed by atoms with E-state index < -0.39 is 36.0 Å². The number of fused-ring (bicyclic) bond motifs is 1. The third-order valence-corrected chi connectivity index (χ3v) is 4.98. The summed E-state index contributed by atoms with van der Waals surface area (Å²) in [6.07, 6.45) is 5.59. The van der Waals surface area contributed by atoms with Crippen molar-refractivity contribution >= 4 is 24.2 Å². The first-order valence-corrected chi connectivity index (χ1v) is 9.47. The average molecular weight is 402 g/mol. The number of hydrogen-bond acceptors (Lipinski definition) is 7. The second kappa shape index (κ2) is 10.0. The summed E-state index contributed by atoms with van der Waals surface area (Å²) >= 11 is 0. The van der Waals surface area contributed by atoms with Crippen LogP contribution >= 0.6 is 0 Å². The zero-order valence-corrected chi connectivity index (χ0v) is 16.9. The monoisotopic (exact) mass is 402 g/mol. The highest BCUT2D eigenvalue weighted by Crippen LogP contribution is 2.36. The first kappa shape index (κ1) is 22.3. The highest BCUT2D eigenvalue weighted by Gasteiger charge is 2.44. The highest BCUT2D eigenvalue weighted by atomic mass is 16.6. The largest absolute Gasteiger partial charge is 0.461 e. The fourth-order valence-corrected chi connectivity index (χ4v) is 3.32. The Labute approximate surface area is 170 Å². The fraction of sp³-hybridized carbons (Fsp3) is 0.455. The van der Waals surface area contributed by atoms with Crippen LogP contribution in [0.25, 0.3) is 0 Å². The van der Waals surface area contributed by atoms with Crippen LogP contribution in [-0.4, -0.2) is 43.0 Å². The van der Waals surface area contributed by atoms with Gasteiger partial charge in [-0.05, 0) is 43.9 Å². The molecule has 2 aliphatic rings. The van der Waals surface area contributed by atoms with Crippen LogP contribution in [0.1, 0.15) is 40.0 Å². The Bertz CT molecular complexity index is 800. The first-order chi connectivity index (χ1) is 13.8. The van der Waals surface area contributed by atoms with Gasteiger partial charge in [0.15, 0.2) is 0 Å². The quantitative estimate of drug-likeness (QED) is 0.229. The third kappa shape index (κ3) is 5.76. The van der Waals surface area contributed by atoms with E-state index in [9.17, 15) is 19.2 Å². The summed E-state index contributed by atoms with van der Waals surface area (Å²) in [5.41, 5.74) is 1.88. The standard InChI is InChI=1S/C22H26O7/c1-5-13(2)21(25)27-12-17-8-6-7-16(11-23)9-18(28-15(4)24)20-14(3)22(26)29-19(20)10-17/h5,7,10-11,18-20H,3,6,8-9,12H2,1-2,4H3/b13-5-,16-7+,17-10+/t18-,19-,20-/m1/s1. The maximum absolute atomic E-state index is 12.2. The molecule has 29 heavy (non-hydrogen) atoms. The minimum Gasteiger partial charge on any atom is -0.461 e. The molecular formula is C22H26O7. The van der Waals surface area contributed by atoms with E-state index >= 15 is 0 Å². The summed E-state index contributed by atoms with van der Waals surface area (Å²) in [5, 5.41) is 0. The Kier molecular flexibility index (Phi) is 7.70. The molecule has 0 amide bonds. The molecule has 0 aromatic carbocycles. The zero-order chi connectivity index (χ0) is 21.6. The van der Waals surface area contributed by atoms with Crippen LogP contribution in [0.15, 0.2) is 47.1 Å². The van der Waals surface area contributed by atoms with Gasteiger partial charge in [0.2, 0.25) is 0 Å². The van der Waals surface area contributed by atoms with Crippen LogP contribution in [0.4, 0.5) is 0 Å². The lowest BCUT2D eigenvalue weighted by molar-refractivity contribution is -0.149. The fourth-order valence-electron chi connectivity index (χ4n) is 3.32. The predicted molar refractivity (Wildman–Crippen MR) is 105 cm³/mol. The van der Waals surface area contributed by atoms with Gasteiger partial charge in [-0.1, -0.05) is 18.7 Å². The van der Waals surface area contributed by atoms with E-state index in [0.29, 0.717) is 30.3 Å². The van der Waals surface area contributed by atoms with Crippen molar-refractivity contribution in [1.29, 1.82) is 0 Å². The summed E-state index contributed by atoms with van der Waals surface area (Å²) in [7, 11) is 0. The molecular weight excluding hydrogens is 376 g/mol. The van der Waals surface area contributed by atoms with Gasteiger partial charge in [-0.2, -0.15) is 0 Å². The maximum atomic E-state index is 12.2. The lowest BCUT2D eigenvalue weighted by Crippen LogP contribution is -2.33. The van der Waals surface area contributed by atoms with Gasteiger partial charge in [-0.25, -0.2) is 9.59 Å². The first-order valence-electron chi connectivity index (χ1n) is 9.47. The van der Waals surface area contributed by atoms with E-state index in [1.807, 2.05) is 0 Å². The summed E-state index contributed by atoms with van der Waals surface area (Å²) in [4.78, 5) is 47.2. The third-order valence-electron chi connectivity index (χ3n) is 4.98. The van der Waals surface area contributed by atoms with Crippen LogP contribution in [0.5, 0.6) is 0 Å². The SMILES string of the molecule is C=C1C(=O)O[C@@H]2/C=C(/COC(=O)/C(C)=C\C)CC/C=C(/C=O)C[C@@H](OC(C)=O)[C@@H]12. The molecule has 0 spiro atoms. The molecule has 1 aliphatic carbocycles. The molecule has 7 nitrogen and oxygen atoms in total. The van der Waals surface area contributed by atoms with E-state index in [0.717, 1.165) is 5.57 Å². The smallest absolute Gasteiger partial charge is 0.334 e. The Hall–Kier alpha value is -2.96. The number of ether oxygens (including phenoxy) is 3. The van der Waals surface area contributed by atoms with Crippen LogP contribution in [0.2, 0.25) is 0 Å². The lowest BCUT2D eigenvalue weighted by atomic mass is 9.85. The predicted octanol–water partition coefficient (Wildman–Crippen LogP) is 2.76. The second-order valence-electron chi connectivity index (χ2n) is 7.08. The minimum atomic E-state index is -0.767. The molecule has 1 heterocycles. The molecule has 0 unspecified atom stereocenters. The highest BCUT2D eigenvalue weighted by molar-refractivity contribution is 5.91. The van der Waals surface area contributed by atoms with Crippen molar-refractivity contribution in [3.63, 3.8) is 0 Å². The van der Waals surface area contributed by atoms with Gasteiger partial charge in [-0.3, -0.25) is 9.59 Å². The maximum Gasteiger partial charge on any atom is 0.334 e. The molecule has 156 valence electrons. The van der Waals surface area contributed by atoms with Crippen LogP contribution < -0.4 is 0 Å². The number of aldehydes is 1. The Morgan fingerprint density at radius 1 is 1.34 bits per heavy atom. The number of esters is 3. The number of rotatable bonds is 5. The summed E-state index contributed by atoms with van der Waals surface area (Å²) < 4.78 is 16.2. The van der Waals surface area contributed by atoms with Crippen molar-refractivity contribution in [1.82, 2.24) is 0 Å².